The molecule has 0 saturated carbocycles. The van der Waals surface area contributed by atoms with E-state index >= 15 is 0 Å². The molecule has 26 heavy (non-hydrogen) atoms. The van der Waals surface area contributed by atoms with Gasteiger partial charge in [0, 0.05) is 13.1 Å². The van der Waals surface area contributed by atoms with E-state index in [9.17, 15) is 4.79 Å². The molecule has 0 atom stereocenters. The number of fused-ring (bicyclic) bond motifs is 1. The molecule has 1 fully saturated rings. The molecular formula is C19H21N3O2S2. The van der Waals surface area contributed by atoms with Crippen molar-refractivity contribution in [2.75, 3.05) is 29.9 Å². The van der Waals surface area contributed by atoms with Crippen molar-refractivity contribution in [3.8, 4) is 5.75 Å². The maximum Gasteiger partial charge on any atom is 0.265 e. The maximum atomic E-state index is 12.6. The number of rotatable bonds is 5. The van der Waals surface area contributed by atoms with Crippen LogP contribution < -0.4 is 15.0 Å². The molecule has 3 aromatic rings. The second kappa shape index (κ2) is 7.63. The summed E-state index contributed by atoms with van der Waals surface area (Å²) in [5.74, 6) is 0.569. The van der Waals surface area contributed by atoms with Crippen LogP contribution in [0.5, 0.6) is 5.75 Å². The number of ether oxygens (including phenoxy) is 1. The standard InChI is InChI=1S/C19H21N3O2S2/c1-2-24-15-9-5-4-8-13(15)20-17(23)16-12-14-18(25-16)26-19(21-14)22-10-6-3-7-11-22/h4-5,8-9,12H,2-3,6-7,10-11H2,1H3,(H,20,23). The number of nitrogens with zero attached hydrogens (tertiary/aromatic N) is 2. The lowest BCUT2D eigenvalue weighted by Crippen LogP contribution is -2.29. The van der Waals surface area contributed by atoms with Crippen LogP contribution in [-0.2, 0) is 0 Å². The van der Waals surface area contributed by atoms with Gasteiger partial charge in [0.25, 0.3) is 5.91 Å². The fraction of sp³-hybridized carbons (Fsp3) is 0.368. The Labute approximate surface area is 160 Å². The van der Waals surface area contributed by atoms with Crippen LogP contribution in [0.1, 0.15) is 35.9 Å². The van der Waals surface area contributed by atoms with Crippen molar-refractivity contribution in [1.82, 2.24) is 4.98 Å². The second-order valence-corrected chi connectivity index (χ2v) is 8.50. The molecule has 4 rings (SSSR count). The van der Waals surface area contributed by atoms with Gasteiger partial charge in [-0.1, -0.05) is 23.5 Å². The third-order valence-electron chi connectivity index (χ3n) is 4.37. The van der Waals surface area contributed by atoms with Crippen LogP contribution in [0.4, 0.5) is 10.8 Å². The number of thiophene rings is 1. The van der Waals surface area contributed by atoms with Gasteiger partial charge in [0.1, 0.15) is 9.76 Å². The van der Waals surface area contributed by atoms with Gasteiger partial charge in [-0.2, -0.15) is 0 Å². The second-order valence-electron chi connectivity index (χ2n) is 6.21. The monoisotopic (exact) mass is 387 g/mol. The predicted octanol–water partition coefficient (Wildman–Crippen LogP) is 5.00. The predicted molar refractivity (Wildman–Crippen MR) is 109 cm³/mol. The molecule has 1 N–H and O–H groups in total. The summed E-state index contributed by atoms with van der Waals surface area (Å²) >= 11 is 3.19. The van der Waals surface area contributed by atoms with E-state index in [1.807, 2.05) is 37.3 Å². The van der Waals surface area contributed by atoms with Gasteiger partial charge in [0.05, 0.1) is 22.7 Å². The van der Waals surface area contributed by atoms with E-state index in [4.69, 9.17) is 9.72 Å². The number of aromatic nitrogens is 1. The number of nitrogens with one attached hydrogen (secondary N) is 1. The normalized spacial score (nSPS) is 14.6. The van der Waals surface area contributed by atoms with Crippen molar-refractivity contribution in [1.29, 1.82) is 0 Å². The number of benzene rings is 1. The van der Waals surface area contributed by atoms with E-state index in [1.54, 1.807) is 11.3 Å². The molecule has 1 amide bonds. The van der Waals surface area contributed by atoms with E-state index in [2.05, 4.69) is 10.2 Å². The molecule has 136 valence electrons. The van der Waals surface area contributed by atoms with E-state index < -0.39 is 0 Å². The number of anilines is 2. The fourth-order valence-corrected chi connectivity index (χ4v) is 5.31. The number of hydrogen-bond acceptors (Lipinski definition) is 6. The van der Waals surface area contributed by atoms with E-state index in [-0.39, 0.29) is 5.91 Å². The Hall–Kier alpha value is -2.12. The average molecular weight is 388 g/mol. The molecule has 3 heterocycles. The summed E-state index contributed by atoms with van der Waals surface area (Å²) in [4.78, 5) is 20.4. The molecule has 1 saturated heterocycles. The molecule has 5 nitrogen and oxygen atoms in total. The van der Waals surface area contributed by atoms with Crippen molar-refractivity contribution >= 4 is 48.9 Å². The Morgan fingerprint density at radius 1 is 1.23 bits per heavy atom. The fourth-order valence-electron chi connectivity index (χ4n) is 3.09. The highest BCUT2D eigenvalue weighted by molar-refractivity contribution is 7.40. The van der Waals surface area contributed by atoms with Crippen LogP contribution in [0.25, 0.3) is 9.53 Å². The molecule has 0 aliphatic carbocycles. The van der Waals surface area contributed by atoms with Crippen molar-refractivity contribution in [2.24, 2.45) is 0 Å². The number of carbonyl (C=O) groups excluding carboxylic acids is 1. The Morgan fingerprint density at radius 3 is 2.81 bits per heavy atom. The van der Waals surface area contributed by atoms with Crippen LogP contribution in [0.2, 0.25) is 0 Å². The molecule has 1 aliphatic heterocycles. The first-order chi connectivity index (χ1) is 12.7. The van der Waals surface area contributed by atoms with Gasteiger partial charge in [-0.15, -0.1) is 11.3 Å². The number of carbonyl (C=O) groups is 1. The van der Waals surface area contributed by atoms with Crippen molar-refractivity contribution in [3.05, 3.63) is 35.2 Å². The van der Waals surface area contributed by atoms with Gasteiger partial charge >= 0.3 is 0 Å². The van der Waals surface area contributed by atoms with Crippen LogP contribution >= 0.6 is 22.7 Å². The first-order valence-electron chi connectivity index (χ1n) is 8.93. The third kappa shape index (κ3) is 3.54. The molecule has 2 aromatic heterocycles. The lowest BCUT2D eigenvalue weighted by atomic mass is 10.1. The summed E-state index contributed by atoms with van der Waals surface area (Å²) < 4.78 is 6.68. The SMILES string of the molecule is CCOc1ccccc1NC(=O)c1cc2nc(N3CCCCC3)sc2s1. The van der Waals surface area contributed by atoms with Crippen LogP contribution in [0.15, 0.2) is 30.3 Å². The Balaban J connectivity index is 1.51. The van der Waals surface area contributed by atoms with Crippen LogP contribution in [0, 0.1) is 0 Å². The zero-order valence-corrected chi connectivity index (χ0v) is 16.3. The Morgan fingerprint density at radius 2 is 2.04 bits per heavy atom. The van der Waals surface area contributed by atoms with Crippen molar-refractivity contribution in [3.63, 3.8) is 0 Å². The molecule has 0 bridgehead atoms. The minimum atomic E-state index is -0.119. The zero-order valence-electron chi connectivity index (χ0n) is 14.7. The quantitative estimate of drug-likeness (QED) is 0.669. The summed E-state index contributed by atoms with van der Waals surface area (Å²) in [5.41, 5.74) is 1.61. The highest BCUT2D eigenvalue weighted by Crippen LogP contribution is 2.36. The van der Waals surface area contributed by atoms with Crippen LogP contribution in [0.3, 0.4) is 0 Å². The number of piperidine rings is 1. The van der Waals surface area contributed by atoms with Gasteiger partial charge in [0.15, 0.2) is 5.13 Å². The topological polar surface area (TPSA) is 54.5 Å². The van der Waals surface area contributed by atoms with Crippen molar-refractivity contribution in [2.45, 2.75) is 26.2 Å². The highest BCUT2D eigenvalue weighted by atomic mass is 32.2. The zero-order chi connectivity index (χ0) is 17.9. The average Bonchev–Trinajstić information content (AvgIpc) is 3.23. The number of amides is 1. The summed E-state index contributed by atoms with van der Waals surface area (Å²) in [6.07, 6.45) is 3.78. The highest BCUT2D eigenvalue weighted by Gasteiger charge is 2.19. The summed E-state index contributed by atoms with van der Waals surface area (Å²) in [6, 6.07) is 9.39. The Bertz CT molecular complexity index is 881. The molecular weight excluding hydrogens is 366 g/mol. The van der Waals surface area contributed by atoms with E-state index in [0.717, 1.165) is 27.8 Å². The summed E-state index contributed by atoms with van der Waals surface area (Å²) in [5, 5.41) is 4.04. The molecule has 7 heteroatoms. The largest absolute Gasteiger partial charge is 0.492 e. The van der Waals surface area contributed by atoms with Gasteiger partial charge in [-0.3, -0.25) is 4.79 Å². The van der Waals surface area contributed by atoms with Gasteiger partial charge in [-0.25, -0.2) is 4.98 Å². The van der Waals surface area contributed by atoms with Gasteiger partial charge < -0.3 is 15.0 Å². The van der Waals surface area contributed by atoms with Crippen LogP contribution in [-0.4, -0.2) is 30.6 Å². The lowest BCUT2D eigenvalue weighted by molar-refractivity contribution is 0.103. The maximum absolute atomic E-state index is 12.6. The number of thiazole rings is 1. The third-order valence-corrected chi connectivity index (χ3v) is 6.71. The number of hydrogen-bond donors (Lipinski definition) is 1. The molecule has 1 aromatic carbocycles. The summed E-state index contributed by atoms with van der Waals surface area (Å²) in [6.45, 7) is 4.66. The van der Waals surface area contributed by atoms with E-state index in [1.165, 1.54) is 30.6 Å². The lowest BCUT2D eigenvalue weighted by Gasteiger charge is -2.25. The van der Waals surface area contributed by atoms with Crippen molar-refractivity contribution < 1.29 is 9.53 Å². The Kier molecular flexibility index (Phi) is 5.08. The molecule has 0 unspecified atom stereocenters. The first kappa shape index (κ1) is 17.3. The first-order valence-corrected chi connectivity index (χ1v) is 10.6. The van der Waals surface area contributed by atoms with E-state index in [0.29, 0.717) is 22.9 Å². The smallest absolute Gasteiger partial charge is 0.265 e. The molecule has 0 radical (unpaired) electrons. The minimum absolute atomic E-state index is 0.119. The van der Waals surface area contributed by atoms with Gasteiger partial charge in [0.2, 0.25) is 0 Å². The minimum Gasteiger partial charge on any atom is -0.492 e. The number of para-hydroxylation sites is 2. The molecule has 1 aliphatic rings. The molecule has 0 spiro atoms. The van der Waals surface area contributed by atoms with Gasteiger partial charge in [-0.05, 0) is 44.4 Å². The summed E-state index contributed by atoms with van der Waals surface area (Å²) in [7, 11) is 0.